The maximum absolute atomic E-state index is 4.32. The van der Waals surface area contributed by atoms with Gasteiger partial charge in [-0.3, -0.25) is 4.40 Å². The molecule has 2 heterocycles. The molecule has 1 aromatic carbocycles. The number of nitrogens with zero attached hydrogens (tertiary/aromatic N) is 3. The number of pyridine rings is 1. The van der Waals surface area contributed by atoms with Crippen LogP contribution < -0.4 is 5.32 Å². The topological polar surface area (TPSA) is 42.2 Å². The molecule has 0 amide bonds. The third kappa shape index (κ3) is 2.74. The standard InChI is InChI=1S/C18H22N4/c1-12-9-13(2)16(14(3)10-12)11-19-15(4)18-21-20-17-7-5-6-8-22(17)18/h5-10,15,19H,11H2,1-4H3. The molecule has 0 bridgehead atoms. The summed E-state index contributed by atoms with van der Waals surface area (Å²) in [5.41, 5.74) is 6.24. The van der Waals surface area contributed by atoms with Crippen molar-refractivity contribution < 1.29 is 0 Å². The molecule has 0 spiro atoms. The second-order valence-electron chi connectivity index (χ2n) is 5.97. The van der Waals surface area contributed by atoms with E-state index in [0.717, 1.165) is 18.0 Å². The van der Waals surface area contributed by atoms with Gasteiger partial charge in [0.15, 0.2) is 11.5 Å². The summed E-state index contributed by atoms with van der Waals surface area (Å²) >= 11 is 0. The van der Waals surface area contributed by atoms with Crippen molar-refractivity contribution in [2.75, 3.05) is 0 Å². The predicted octanol–water partition coefficient (Wildman–Crippen LogP) is 3.51. The number of hydrogen-bond donors (Lipinski definition) is 1. The highest BCUT2D eigenvalue weighted by Gasteiger charge is 2.13. The van der Waals surface area contributed by atoms with Crippen molar-refractivity contribution in [1.82, 2.24) is 19.9 Å². The van der Waals surface area contributed by atoms with Crippen LogP contribution in [0.4, 0.5) is 0 Å². The van der Waals surface area contributed by atoms with Crippen LogP contribution in [0.15, 0.2) is 36.5 Å². The van der Waals surface area contributed by atoms with Crippen molar-refractivity contribution in [1.29, 1.82) is 0 Å². The van der Waals surface area contributed by atoms with Gasteiger partial charge in [-0.15, -0.1) is 10.2 Å². The number of aryl methyl sites for hydroxylation is 3. The van der Waals surface area contributed by atoms with Crippen LogP contribution in [0.25, 0.3) is 5.65 Å². The predicted molar refractivity (Wildman–Crippen MR) is 88.9 cm³/mol. The average Bonchev–Trinajstić information content (AvgIpc) is 2.90. The van der Waals surface area contributed by atoms with Crippen LogP contribution in [0, 0.1) is 20.8 Å². The van der Waals surface area contributed by atoms with Crippen molar-refractivity contribution >= 4 is 5.65 Å². The van der Waals surface area contributed by atoms with Crippen LogP contribution in [0.2, 0.25) is 0 Å². The lowest BCUT2D eigenvalue weighted by Crippen LogP contribution is -2.21. The molecule has 0 radical (unpaired) electrons. The first-order chi connectivity index (χ1) is 10.6. The van der Waals surface area contributed by atoms with Crippen molar-refractivity contribution in [3.8, 4) is 0 Å². The first-order valence-corrected chi connectivity index (χ1v) is 7.66. The Labute approximate surface area is 131 Å². The van der Waals surface area contributed by atoms with Gasteiger partial charge in [-0.2, -0.15) is 0 Å². The van der Waals surface area contributed by atoms with Crippen LogP contribution in [0.5, 0.6) is 0 Å². The third-order valence-corrected chi connectivity index (χ3v) is 4.15. The molecule has 2 aromatic heterocycles. The fraction of sp³-hybridized carbons (Fsp3) is 0.333. The molecule has 0 aliphatic carbocycles. The largest absolute Gasteiger partial charge is 0.303 e. The maximum atomic E-state index is 4.32. The van der Waals surface area contributed by atoms with Gasteiger partial charge in [0, 0.05) is 12.7 Å². The van der Waals surface area contributed by atoms with E-state index in [4.69, 9.17) is 0 Å². The van der Waals surface area contributed by atoms with E-state index in [9.17, 15) is 0 Å². The monoisotopic (exact) mass is 294 g/mol. The van der Waals surface area contributed by atoms with Gasteiger partial charge in [-0.1, -0.05) is 23.8 Å². The fourth-order valence-corrected chi connectivity index (χ4v) is 2.99. The molecule has 3 aromatic rings. The summed E-state index contributed by atoms with van der Waals surface area (Å²) in [5.74, 6) is 0.943. The summed E-state index contributed by atoms with van der Waals surface area (Å²) in [4.78, 5) is 0. The molecule has 4 heteroatoms. The molecule has 1 unspecified atom stereocenters. The number of fused-ring (bicyclic) bond motifs is 1. The van der Waals surface area contributed by atoms with Crippen LogP contribution in [-0.4, -0.2) is 14.6 Å². The van der Waals surface area contributed by atoms with Gasteiger partial charge in [-0.25, -0.2) is 0 Å². The Bertz CT molecular complexity index is 781. The first-order valence-electron chi connectivity index (χ1n) is 7.66. The van der Waals surface area contributed by atoms with Crippen LogP contribution in [-0.2, 0) is 6.54 Å². The van der Waals surface area contributed by atoms with E-state index in [1.54, 1.807) is 0 Å². The van der Waals surface area contributed by atoms with Crippen molar-refractivity contribution in [2.24, 2.45) is 0 Å². The highest BCUT2D eigenvalue weighted by atomic mass is 15.3. The van der Waals surface area contributed by atoms with Gasteiger partial charge in [0.2, 0.25) is 0 Å². The molecular formula is C18H22N4. The molecule has 0 saturated heterocycles. The zero-order valence-electron chi connectivity index (χ0n) is 13.6. The van der Waals surface area contributed by atoms with Gasteiger partial charge in [0.1, 0.15) is 0 Å². The number of benzene rings is 1. The molecule has 4 nitrogen and oxygen atoms in total. The second kappa shape index (κ2) is 5.89. The molecule has 0 fully saturated rings. The van der Waals surface area contributed by atoms with Crippen LogP contribution >= 0.6 is 0 Å². The van der Waals surface area contributed by atoms with E-state index in [-0.39, 0.29) is 6.04 Å². The molecular weight excluding hydrogens is 272 g/mol. The smallest absolute Gasteiger partial charge is 0.160 e. The second-order valence-corrected chi connectivity index (χ2v) is 5.97. The van der Waals surface area contributed by atoms with E-state index in [1.807, 2.05) is 28.8 Å². The molecule has 114 valence electrons. The van der Waals surface area contributed by atoms with Gasteiger partial charge >= 0.3 is 0 Å². The molecule has 0 aliphatic rings. The molecule has 0 saturated carbocycles. The Morgan fingerprint density at radius 2 is 1.82 bits per heavy atom. The lowest BCUT2D eigenvalue weighted by molar-refractivity contribution is 0.539. The minimum Gasteiger partial charge on any atom is -0.303 e. The molecule has 1 atom stereocenters. The van der Waals surface area contributed by atoms with Crippen LogP contribution in [0.1, 0.15) is 41.0 Å². The highest BCUT2D eigenvalue weighted by Crippen LogP contribution is 2.18. The molecule has 1 N–H and O–H groups in total. The zero-order chi connectivity index (χ0) is 15.7. The van der Waals surface area contributed by atoms with Gasteiger partial charge < -0.3 is 5.32 Å². The Hall–Kier alpha value is -2.20. The number of aromatic nitrogens is 3. The summed E-state index contributed by atoms with van der Waals surface area (Å²) in [6.45, 7) is 9.45. The third-order valence-electron chi connectivity index (χ3n) is 4.15. The highest BCUT2D eigenvalue weighted by molar-refractivity contribution is 5.38. The van der Waals surface area contributed by atoms with Crippen molar-refractivity contribution in [2.45, 2.75) is 40.3 Å². The van der Waals surface area contributed by atoms with E-state index >= 15 is 0 Å². The SMILES string of the molecule is Cc1cc(C)c(CNC(C)c2nnc3ccccn23)c(C)c1. The molecule has 3 rings (SSSR count). The van der Waals surface area contributed by atoms with E-state index in [0.29, 0.717) is 0 Å². The lowest BCUT2D eigenvalue weighted by atomic mass is 9.99. The van der Waals surface area contributed by atoms with Gasteiger partial charge in [0.05, 0.1) is 6.04 Å². The number of hydrogen-bond acceptors (Lipinski definition) is 3. The van der Waals surface area contributed by atoms with Gasteiger partial charge in [0.25, 0.3) is 0 Å². The minimum absolute atomic E-state index is 0.137. The average molecular weight is 294 g/mol. The Kier molecular flexibility index (Phi) is 3.94. The maximum Gasteiger partial charge on any atom is 0.160 e. The Morgan fingerprint density at radius 3 is 2.55 bits per heavy atom. The Balaban J connectivity index is 1.79. The summed E-state index contributed by atoms with van der Waals surface area (Å²) in [6, 6.07) is 10.6. The minimum atomic E-state index is 0.137. The van der Waals surface area contributed by atoms with Gasteiger partial charge in [-0.05, 0) is 56.5 Å². The quantitative estimate of drug-likeness (QED) is 0.800. The summed E-state index contributed by atoms with van der Waals surface area (Å²) < 4.78 is 2.03. The normalized spacial score (nSPS) is 12.7. The molecule has 0 aliphatic heterocycles. The lowest BCUT2D eigenvalue weighted by Gasteiger charge is -2.16. The summed E-state index contributed by atoms with van der Waals surface area (Å²) in [5, 5.41) is 12.1. The van der Waals surface area contributed by atoms with E-state index in [2.05, 4.69) is 55.3 Å². The number of rotatable bonds is 4. The summed E-state index contributed by atoms with van der Waals surface area (Å²) in [7, 11) is 0. The zero-order valence-corrected chi connectivity index (χ0v) is 13.6. The summed E-state index contributed by atoms with van der Waals surface area (Å²) in [6.07, 6.45) is 2.01. The van der Waals surface area contributed by atoms with Crippen molar-refractivity contribution in [3.05, 3.63) is 64.6 Å². The fourth-order valence-electron chi connectivity index (χ4n) is 2.99. The Morgan fingerprint density at radius 1 is 1.09 bits per heavy atom. The molecule has 22 heavy (non-hydrogen) atoms. The van der Waals surface area contributed by atoms with Crippen LogP contribution in [0.3, 0.4) is 0 Å². The van der Waals surface area contributed by atoms with E-state index in [1.165, 1.54) is 22.3 Å². The number of nitrogens with one attached hydrogen (secondary N) is 1. The van der Waals surface area contributed by atoms with Crippen molar-refractivity contribution in [3.63, 3.8) is 0 Å². The van der Waals surface area contributed by atoms with E-state index < -0.39 is 0 Å². The first kappa shape index (κ1) is 14.7.